The topological polar surface area (TPSA) is 76.6 Å². The van der Waals surface area contributed by atoms with Crippen LogP contribution in [0.25, 0.3) is 0 Å². The van der Waals surface area contributed by atoms with E-state index in [9.17, 15) is 18.0 Å². The van der Waals surface area contributed by atoms with Crippen molar-refractivity contribution in [2.24, 2.45) is 0 Å². The van der Waals surface area contributed by atoms with Crippen LogP contribution in [0.1, 0.15) is 47.8 Å². The van der Waals surface area contributed by atoms with E-state index in [0.717, 1.165) is 12.0 Å². The zero-order valence-corrected chi connectivity index (χ0v) is 17.2. The number of hydrogen-bond acceptors (Lipinski definition) is 6. The average Bonchev–Trinajstić information content (AvgIpc) is 2.63. The minimum absolute atomic E-state index is 0.0338. The van der Waals surface area contributed by atoms with Crippen LogP contribution < -0.4 is 10.1 Å². The second-order valence-corrected chi connectivity index (χ2v) is 8.18. The largest absolute Gasteiger partial charge is 0.573 e. The Kier molecular flexibility index (Phi) is 5.50. The number of anilines is 1. The van der Waals surface area contributed by atoms with Gasteiger partial charge in [-0.05, 0) is 35.6 Å². The first-order valence-corrected chi connectivity index (χ1v) is 10.0. The fourth-order valence-corrected chi connectivity index (χ4v) is 3.67. The van der Waals surface area contributed by atoms with Crippen molar-refractivity contribution in [1.82, 2.24) is 14.9 Å². The molecular formula is C21H23F3N4O3. The molecule has 3 heterocycles. The smallest absolute Gasteiger partial charge is 0.406 e. The summed E-state index contributed by atoms with van der Waals surface area (Å²) in [5.74, 6) is 0.0136. The number of likely N-dealkylation sites (tertiary alicyclic amines) is 1. The van der Waals surface area contributed by atoms with Crippen LogP contribution in [0.3, 0.4) is 0 Å². The first-order chi connectivity index (χ1) is 14.7. The molecule has 31 heavy (non-hydrogen) atoms. The first kappa shape index (κ1) is 21.4. The van der Waals surface area contributed by atoms with Crippen LogP contribution in [-0.4, -0.2) is 52.4 Å². The molecule has 1 N–H and O–H groups in total. The Balaban J connectivity index is 1.41. The van der Waals surface area contributed by atoms with Gasteiger partial charge in [-0.2, -0.15) is 0 Å². The van der Waals surface area contributed by atoms with Gasteiger partial charge in [-0.3, -0.25) is 4.79 Å². The molecule has 0 unspecified atom stereocenters. The highest BCUT2D eigenvalue weighted by Crippen LogP contribution is 2.38. The number of nitrogens with zero attached hydrogens (tertiary/aromatic N) is 3. The maximum atomic E-state index is 12.6. The number of aromatic nitrogens is 2. The third kappa shape index (κ3) is 4.58. The lowest BCUT2D eigenvalue weighted by Crippen LogP contribution is -2.72. The standard InChI is InChI=1S/C21H23F3N4O3/c1-13(2)15-5-14(6-16(7-15)31-21(22,23)24)8-26-18-10-25-17(9-27-18)19(29)28-4-3-20(28)11-30-12-20/h5-7,9-10,13H,3-4,8,11-12H2,1-2H3,(H,26,27). The van der Waals surface area contributed by atoms with Gasteiger partial charge >= 0.3 is 6.36 Å². The summed E-state index contributed by atoms with van der Waals surface area (Å²) in [6.07, 6.45) is -0.981. The van der Waals surface area contributed by atoms with E-state index >= 15 is 0 Å². The number of hydrogen-bond donors (Lipinski definition) is 1. The van der Waals surface area contributed by atoms with E-state index < -0.39 is 6.36 Å². The van der Waals surface area contributed by atoms with Gasteiger partial charge in [0.15, 0.2) is 0 Å². The highest BCUT2D eigenvalue weighted by Gasteiger charge is 2.53. The normalized spacial score (nSPS) is 17.3. The van der Waals surface area contributed by atoms with Crippen molar-refractivity contribution < 1.29 is 27.4 Å². The highest BCUT2D eigenvalue weighted by atomic mass is 19.4. The Labute approximate surface area is 177 Å². The predicted molar refractivity (Wildman–Crippen MR) is 106 cm³/mol. The maximum absolute atomic E-state index is 12.6. The summed E-state index contributed by atoms with van der Waals surface area (Å²) in [7, 11) is 0. The second-order valence-electron chi connectivity index (χ2n) is 8.18. The molecule has 0 saturated carbocycles. The van der Waals surface area contributed by atoms with E-state index in [1.165, 1.54) is 24.5 Å². The van der Waals surface area contributed by atoms with Gasteiger partial charge in [0.25, 0.3) is 5.91 Å². The molecule has 2 aliphatic rings. The molecule has 0 atom stereocenters. The van der Waals surface area contributed by atoms with E-state index in [1.807, 2.05) is 19.9 Å². The van der Waals surface area contributed by atoms with Gasteiger partial charge < -0.3 is 19.7 Å². The van der Waals surface area contributed by atoms with E-state index in [4.69, 9.17) is 4.74 Å². The molecule has 2 aliphatic heterocycles. The van der Waals surface area contributed by atoms with Gasteiger partial charge in [-0.15, -0.1) is 13.2 Å². The van der Waals surface area contributed by atoms with Gasteiger partial charge in [0.05, 0.1) is 31.1 Å². The zero-order chi connectivity index (χ0) is 22.2. The summed E-state index contributed by atoms with van der Waals surface area (Å²) in [5.41, 5.74) is 1.42. The van der Waals surface area contributed by atoms with Gasteiger partial charge in [0.1, 0.15) is 17.3 Å². The molecule has 10 heteroatoms. The van der Waals surface area contributed by atoms with E-state index in [-0.39, 0.29) is 35.4 Å². The number of carbonyl (C=O) groups excluding carboxylic acids is 1. The van der Waals surface area contributed by atoms with Crippen molar-refractivity contribution in [2.75, 3.05) is 25.1 Å². The molecule has 4 rings (SSSR count). The molecule has 1 amide bonds. The summed E-state index contributed by atoms with van der Waals surface area (Å²) in [6, 6.07) is 4.54. The van der Waals surface area contributed by atoms with Crippen LogP contribution in [0.5, 0.6) is 5.75 Å². The van der Waals surface area contributed by atoms with Crippen molar-refractivity contribution in [2.45, 2.75) is 44.6 Å². The summed E-state index contributed by atoms with van der Waals surface area (Å²) < 4.78 is 47.2. The summed E-state index contributed by atoms with van der Waals surface area (Å²) in [6.45, 7) is 5.80. The second kappa shape index (κ2) is 7.99. The zero-order valence-electron chi connectivity index (χ0n) is 17.2. The van der Waals surface area contributed by atoms with Gasteiger partial charge in [0, 0.05) is 13.1 Å². The van der Waals surface area contributed by atoms with Crippen molar-refractivity contribution in [3.05, 3.63) is 47.4 Å². The fraction of sp³-hybridized carbons (Fsp3) is 0.476. The van der Waals surface area contributed by atoms with Crippen LogP contribution in [0.2, 0.25) is 0 Å². The number of nitrogens with one attached hydrogen (secondary N) is 1. The van der Waals surface area contributed by atoms with Gasteiger partial charge in [-0.25, -0.2) is 9.97 Å². The molecule has 1 aromatic carbocycles. The summed E-state index contributed by atoms with van der Waals surface area (Å²) >= 11 is 0. The Hall–Kier alpha value is -2.88. The number of alkyl halides is 3. The van der Waals surface area contributed by atoms with Crippen LogP contribution in [0.15, 0.2) is 30.6 Å². The number of halogens is 3. The van der Waals surface area contributed by atoms with Crippen LogP contribution in [0, 0.1) is 0 Å². The Morgan fingerprint density at radius 1 is 1.26 bits per heavy atom. The number of ether oxygens (including phenoxy) is 2. The van der Waals surface area contributed by atoms with Crippen molar-refractivity contribution in [1.29, 1.82) is 0 Å². The third-order valence-corrected chi connectivity index (χ3v) is 5.59. The number of carbonyl (C=O) groups is 1. The number of rotatable bonds is 6. The Bertz CT molecular complexity index is 954. The lowest BCUT2D eigenvalue weighted by Gasteiger charge is -2.57. The molecule has 0 aliphatic carbocycles. The molecule has 1 spiro atoms. The minimum Gasteiger partial charge on any atom is -0.406 e. The minimum atomic E-state index is -4.76. The van der Waals surface area contributed by atoms with E-state index in [2.05, 4.69) is 20.0 Å². The van der Waals surface area contributed by atoms with Gasteiger partial charge in [-0.1, -0.05) is 19.9 Å². The third-order valence-electron chi connectivity index (χ3n) is 5.59. The van der Waals surface area contributed by atoms with Gasteiger partial charge in [0.2, 0.25) is 0 Å². The van der Waals surface area contributed by atoms with E-state index in [0.29, 0.717) is 31.1 Å². The van der Waals surface area contributed by atoms with Crippen LogP contribution in [-0.2, 0) is 11.3 Å². The predicted octanol–water partition coefficient (Wildman–Crippen LogP) is 3.73. The molecule has 1 aromatic heterocycles. The lowest BCUT2D eigenvalue weighted by molar-refractivity contribution is -0.274. The quantitative estimate of drug-likeness (QED) is 0.744. The average molecular weight is 436 g/mol. The maximum Gasteiger partial charge on any atom is 0.573 e. The van der Waals surface area contributed by atoms with Crippen molar-refractivity contribution >= 4 is 11.7 Å². The molecule has 2 saturated heterocycles. The van der Waals surface area contributed by atoms with Crippen LogP contribution in [0.4, 0.5) is 19.0 Å². The molecule has 0 radical (unpaired) electrons. The Morgan fingerprint density at radius 2 is 2.03 bits per heavy atom. The van der Waals surface area contributed by atoms with E-state index in [1.54, 1.807) is 4.90 Å². The molecule has 2 aromatic rings. The Morgan fingerprint density at radius 3 is 2.55 bits per heavy atom. The summed E-state index contributed by atoms with van der Waals surface area (Å²) in [5, 5.41) is 3.02. The monoisotopic (exact) mass is 436 g/mol. The summed E-state index contributed by atoms with van der Waals surface area (Å²) in [4.78, 5) is 22.8. The highest BCUT2D eigenvalue weighted by molar-refractivity contribution is 5.93. The molecule has 7 nitrogen and oxygen atoms in total. The molecule has 166 valence electrons. The first-order valence-electron chi connectivity index (χ1n) is 10.0. The van der Waals surface area contributed by atoms with Crippen molar-refractivity contribution in [3.8, 4) is 5.75 Å². The molecule has 0 bridgehead atoms. The fourth-order valence-electron chi connectivity index (χ4n) is 3.67. The van der Waals surface area contributed by atoms with Crippen LogP contribution >= 0.6 is 0 Å². The molecule has 2 fully saturated rings. The molecular weight excluding hydrogens is 413 g/mol. The number of benzene rings is 1. The lowest BCUT2D eigenvalue weighted by atomic mass is 9.82. The van der Waals surface area contributed by atoms with Crippen molar-refractivity contribution in [3.63, 3.8) is 0 Å². The SMILES string of the molecule is CC(C)c1cc(CNc2cnc(C(=O)N3CCC34COC4)cn2)cc(OC(F)(F)F)c1. The number of amides is 1.